The van der Waals surface area contributed by atoms with E-state index < -0.39 is 29.5 Å². The molecule has 0 bridgehead atoms. The van der Waals surface area contributed by atoms with Gasteiger partial charge in [0.1, 0.15) is 11.3 Å². The van der Waals surface area contributed by atoms with Gasteiger partial charge < -0.3 is 24.2 Å². The lowest BCUT2D eigenvalue weighted by atomic mass is 9.94. The second-order valence-electron chi connectivity index (χ2n) is 9.44. The first-order valence-corrected chi connectivity index (χ1v) is 12.4. The van der Waals surface area contributed by atoms with Crippen LogP contribution in [0.1, 0.15) is 36.5 Å². The summed E-state index contributed by atoms with van der Waals surface area (Å²) in [5.41, 5.74) is 0.00760. The van der Waals surface area contributed by atoms with Crippen LogP contribution in [0.3, 0.4) is 0 Å². The number of halogens is 3. The topological polar surface area (TPSA) is 109 Å². The number of nitrogens with zero attached hydrogens (tertiary/aromatic N) is 4. The molecule has 0 spiro atoms. The largest absolute Gasteiger partial charge is 0.422 e. The smallest absolute Gasteiger partial charge is 0.396 e. The van der Waals surface area contributed by atoms with Crippen LogP contribution >= 0.6 is 0 Å². The summed E-state index contributed by atoms with van der Waals surface area (Å²) >= 11 is 0. The van der Waals surface area contributed by atoms with E-state index in [1.54, 1.807) is 42.5 Å². The molecule has 2 aromatic heterocycles. The van der Waals surface area contributed by atoms with Crippen LogP contribution in [0.5, 0.6) is 0 Å². The predicted molar refractivity (Wildman–Crippen MR) is 131 cm³/mol. The Bertz CT molecular complexity index is 1340. The summed E-state index contributed by atoms with van der Waals surface area (Å²) in [5, 5.41) is 27.4. The fourth-order valence-electron chi connectivity index (χ4n) is 4.86. The summed E-state index contributed by atoms with van der Waals surface area (Å²) in [7, 11) is 0. The third-order valence-electron chi connectivity index (χ3n) is 6.77. The van der Waals surface area contributed by atoms with Crippen LogP contribution in [-0.4, -0.2) is 56.7 Å². The number of piperidine rings is 1. The van der Waals surface area contributed by atoms with Crippen LogP contribution in [0, 0.1) is 5.92 Å². The zero-order valence-electron chi connectivity index (χ0n) is 20.4. The van der Waals surface area contributed by atoms with Gasteiger partial charge in [-0.15, -0.1) is 0 Å². The van der Waals surface area contributed by atoms with Crippen LogP contribution in [0.25, 0.3) is 34.3 Å². The number of benzene rings is 2. The summed E-state index contributed by atoms with van der Waals surface area (Å²) in [6, 6.07) is 14.7. The Morgan fingerprint density at radius 1 is 1.00 bits per heavy atom. The highest BCUT2D eigenvalue weighted by molar-refractivity contribution is 5.71. The van der Waals surface area contributed by atoms with Crippen molar-refractivity contribution in [3.8, 4) is 34.3 Å². The van der Waals surface area contributed by atoms with Crippen LogP contribution in [0.15, 0.2) is 63.6 Å². The highest BCUT2D eigenvalue weighted by Crippen LogP contribution is 2.43. The van der Waals surface area contributed by atoms with E-state index in [1.807, 2.05) is 0 Å². The van der Waals surface area contributed by atoms with Crippen molar-refractivity contribution in [1.29, 1.82) is 0 Å². The average Bonchev–Trinajstić information content (AvgIpc) is 3.58. The Hall–Kier alpha value is -3.54. The number of aliphatic hydroxyl groups is 2. The average molecular weight is 529 g/mol. The zero-order chi connectivity index (χ0) is 26.7. The highest BCUT2D eigenvalue weighted by atomic mass is 19.4. The molecule has 8 nitrogen and oxygen atoms in total. The van der Waals surface area contributed by atoms with Crippen molar-refractivity contribution in [1.82, 2.24) is 20.2 Å². The Kier molecular flexibility index (Phi) is 7.59. The lowest BCUT2D eigenvalue weighted by molar-refractivity contribution is -0.136. The number of β-amino-alcohol motifs (C(OH)–C–C–N with tert-alkyl or cyclic N) is 1. The van der Waals surface area contributed by atoms with Gasteiger partial charge in [0, 0.05) is 30.8 Å². The first-order chi connectivity index (χ1) is 18.3. The summed E-state index contributed by atoms with van der Waals surface area (Å²) in [5.74, 6) is -0.576. The molecule has 1 saturated heterocycles. The van der Waals surface area contributed by atoms with Crippen LogP contribution < -0.4 is 0 Å². The Morgan fingerprint density at radius 3 is 2.47 bits per heavy atom. The number of aliphatic hydroxyl groups excluding tert-OH is 2. The van der Waals surface area contributed by atoms with Gasteiger partial charge in [-0.1, -0.05) is 64.9 Å². The third-order valence-corrected chi connectivity index (χ3v) is 6.77. The fraction of sp³-hybridized carbons (Fsp3) is 0.370. The minimum absolute atomic E-state index is 0.0784. The molecule has 11 heteroatoms. The molecule has 3 heterocycles. The minimum Gasteiger partial charge on any atom is -0.396 e. The molecule has 2 N–H and O–H groups in total. The summed E-state index contributed by atoms with van der Waals surface area (Å²) in [6.07, 6.45) is -2.59. The first-order valence-electron chi connectivity index (χ1n) is 12.4. The van der Waals surface area contributed by atoms with Crippen molar-refractivity contribution in [3.63, 3.8) is 0 Å². The highest BCUT2D eigenvalue weighted by Gasteiger charge is 2.43. The Labute approximate surface area is 216 Å². The molecule has 1 aliphatic heterocycles. The molecule has 38 heavy (non-hydrogen) atoms. The van der Waals surface area contributed by atoms with Gasteiger partial charge in [-0.3, -0.25) is 0 Å². The fourth-order valence-corrected chi connectivity index (χ4v) is 4.86. The predicted octanol–water partition coefficient (Wildman–Crippen LogP) is 5.21. The third kappa shape index (κ3) is 5.64. The lowest BCUT2D eigenvalue weighted by Gasteiger charge is -2.33. The first kappa shape index (κ1) is 26.1. The number of aromatic nitrogens is 3. The van der Waals surface area contributed by atoms with E-state index in [1.165, 1.54) is 12.1 Å². The van der Waals surface area contributed by atoms with E-state index >= 15 is 0 Å². The molecular formula is C27H27F3N4O4. The van der Waals surface area contributed by atoms with E-state index in [0.717, 1.165) is 32.4 Å². The quantitative estimate of drug-likeness (QED) is 0.321. The summed E-state index contributed by atoms with van der Waals surface area (Å²) in [6.45, 7) is 2.39. The molecule has 4 aromatic rings. The van der Waals surface area contributed by atoms with Gasteiger partial charge in [-0.2, -0.15) is 18.2 Å². The monoisotopic (exact) mass is 528 g/mol. The number of hydrogen-bond donors (Lipinski definition) is 2. The Balaban J connectivity index is 1.33. The molecule has 2 unspecified atom stereocenters. The van der Waals surface area contributed by atoms with E-state index in [2.05, 4.69) is 20.2 Å². The van der Waals surface area contributed by atoms with Crippen LogP contribution in [0.4, 0.5) is 13.2 Å². The molecule has 0 radical (unpaired) electrons. The van der Waals surface area contributed by atoms with Crippen molar-refractivity contribution in [2.24, 2.45) is 5.92 Å². The maximum absolute atomic E-state index is 14.0. The van der Waals surface area contributed by atoms with E-state index in [4.69, 9.17) is 9.05 Å². The number of rotatable bonds is 8. The Morgan fingerprint density at radius 2 is 1.76 bits per heavy atom. The molecule has 1 fully saturated rings. The zero-order valence-corrected chi connectivity index (χ0v) is 20.4. The van der Waals surface area contributed by atoms with Gasteiger partial charge in [-0.05, 0) is 37.3 Å². The van der Waals surface area contributed by atoms with Gasteiger partial charge in [0.15, 0.2) is 0 Å². The van der Waals surface area contributed by atoms with Crippen molar-refractivity contribution in [2.45, 2.75) is 31.5 Å². The maximum Gasteiger partial charge on any atom is 0.422 e. The molecule has 0 saturated carbocycles. The number of hydrogen-bond acceptors (Lipinski definition) is 8. The minimum atomic E-state index is -4.76. The van der Waals surface area contributed by atoms with Crippen LogP contribution in [0.2, 0.25) is 0 Å². The SMILES string of the molecule is OCCC1CCCN(CC(O)c2ccc(-c3noc(-c4onc(-c5ccccc5)c4C(F)(F)F)n3)cc2)C1. The van der Waals surface area contributed by atoms with Gasteiger partial charge in [0.2, 0.25) is 11.6 Å². The summed E-state index contributed by atoms with van der Waals surface area (Å²) in [4.78, 5) is 6.32. The van der Waals surface area contributed by atoms with Crippen molar-refractivity contribution in [2.75, 3.05) is 26.2 Å². The van der Waals surface area contributed by atoms with Gasteiger partial charge in [0.25, 0.3) is 5.89 Å². The maximum atomic E-state index is 14.0. The van der Waals surface area contributed by atoms with Crippen molar-refractivity contribution >= 4 is 0 Å². The van der Waals surface area contributed by atoms with E-state index in [9.17, 15) is 23.4 Å². The molecular weight excluding hydrogens is 501 g/mol. The van der Waals surface area contributed by atoms with Gasteiger partial charge in [-0.25, -0.2) is 0 Å². The van der Waals surface area contributed by atoms with Gasteiger partial charge >= 0.3 is 6.18 Å². The van der Waals surface area contributed by atoms with E-state index in [-0.39, 0.29) is 23.7 Å². The van der Waals surface area contributed by atoms with Crippen molar-refractivity contribution in [3.05, 3.63) is 65.7 Å². The summed E-state index contributed by atoms with van der Waals surface area (Å²) < 4.78 is 52.1. The standard InChI is InChI=1S/C27H27F3N4O4/c28-27(29,30)22-23(19-6-2-1-3-7-19)32-37-24(22)26-31-25(33-38-26)20-10-8-18(9-11-20)21(36)16-34-13-4-5-17(15-34)12-14-35/h1-3,6-11,17,21,35-36H,4-5,12-16H2. The number of alkyl halides is 3. The molecule has 0 aliphatic carbocycles. The molecule has 1 aliphatic rings. The van der Waals surface area contributed by atoms with Gasteiger partial charge in [0.05, 0.1) is 6.10 Å². The normalized spacial score (nSPS) is 17.6. The molecule has 0 amide bonds. The molecule has 5 rings (SSSR count). The molecule has 2 aromatic carbocycles. The number of likely N-dealkylation sites (tertiary alicyclic amines) is 1. The van der Waals surface area contributed by atoms with Crippen LogP contribution in [-0.2, 0) is 6.18 Å². The lowest BCUT2D eigenvalue weighted by Crippen LogP contribution is -2.38. The second kappa shape index (κ2) is 11.1. The second-order valence-corrected chi connectivity index (χ2v) is 9.44. The molecule has 2 atom stereocenters. The molecule has 200 valence electrons. The van der Waals surface area contributed by atoms with Crippen molar-refractivity contribution < 1.29 is 32.4 Å². The van der Waals surface area contributed by atoms with E-state index in [0.29, 0.717) is 23.6 Å².